The lowest BCUT2D eigenvalue weighted by molar-refractivity contribution is 0.103. The summed E-state index contributed by atoms with van der Waals surface area (Å²) >= 11 is 0. The average Bonchev–Trinajstić information content (AvgIpc) is 2.80. The zero-order chi connectivity index (χ0) is 21.2. The summed E-state index contributed by atoms with van der Waals surface area (Å²) in [5, 5.41) is 18.2. The van der Waals surface area contributed by atoms with Gasteiger partial charge in [-0.1, -0.05) is 12.2 Å². The standard InChI is InChI=1S/C13H10O3.C12H10N2/c14-11-5-1-9(2-6-11)13(16)10-3-7-12(15)8-4-10;1(11-3-7-13-8-4-11)2-12-5-9-14-10-6-12/h1-8,14-15H;1-10H/b;2-1+. The molecule has 2 aromatic carbocycles. The summed E-state index contributed by atoms with van der Waals surface area (Å²) in [7, 11) is 0. The van der Waals surface area contributed by atoms with Crippen LogP contribution in [0.25, 0.3) is 12.2 Å². The second-order valence-corrected chi connectivity index (χ2v) is 6.32. The second kappa shape index (κ2) is 10.3. The normalized spacial score (nSPS) is 10.3. The quantitative estimate of drug-likeness (QED) is 0.476. The maximum Gasteiger partial charge on any atom is 0.193 e. The Labute approximate surface area is 174 Å². The Morgan fingerprint density at radius 2 is 0.900 bits per heavy atom. The first-order valence-corrected chi connectivity index (χ1v) is 9.23. The van der Waals surface area contributed by atoms with Crippen molar-refractivity contribution in [2.24, 2.45) is 0 Å². The Hall–Kier alpha value is -4.25. The third-order valence-corrected chi connectivity index (χ3v) is 4.14. The van der Waals surface area contributed by atoms with E-state index in [4.69, 9.17) is 10.2 Å². The van der Waals surface area contributed by atoms with Gasteiger partial charge in [0.05, 0.1) is 0 Å². The number of carbonyl (C=O) groups is 1. The molecule has 2 heterocycles. The molecule has 0 saturated heterocycles. The number of pyridine rings is 2. The fourth-order valence-corrected chi connectivity index (χ4v) is 2.53. The van der Waals surface area contributed by atoms with Crippen LogP contribution in [0.5, 0.6) is 11.5 Å². The summed E-state index contributed by atoms with van der Waals surface area (Å²) in [4.78, 5) is 19.8. The minimum atomic E-state index is -0.139. The first-order chi connectivity index (χ1) is 14.6. The van der Waals surface area contributed by atoms with Crippen molar-refractivity contribution in [2.75, 3.05) is 0 Å². The zero-order valence-electron chi connectivity index (χ0n) is 16.1. The Morgan fingerprint density at radius 1 is 0.567 bits per heavy atom. The van der Waals surface area contributed by atoms with E-state index in [-0.39, 0.29) is 17.3 Å². The number of benzene rings is 2. The Bertz CT molecular complexity index is 1000. The van der Waals surface area contributed by atoms with Crippen LogP contribution in [0.4, 0.5) is 0 Å². The van der Waals surface area contributed by atoms with Crippen molar-refractivity contribution in [3.05, 3.63) is 120 Å². The van der Waals surface area contributed by atoms with Crippen molar-refractivity contribution >= 4 is 17.9 Å². The molecular weight excluding hydrogens is 376 g/mol. The van der Waals surface area contributed by atoms with E-state index in [1.165, 1.54) is 24.3 Å². The third kappa shape index (κ3) is 6.14. The molecule has 148 valence electrons. The molecule has 30 heavy (non-hydrogen) atoms. The SMILES string of the molecule is C(=C\c1ccncc1)/c1ccncc1.O=C(c1ccc(O)cc1)c1ccc(O)cc1. The molecule has 4 rings (SSSR count). The van der Waals surface area contributed by atoms with Gasteiger partial charge in [0.1, 0.15) is 11.5 Å². The molecule has 0 bridgehead atoms. The van der Waals surface area contributed by atoms with E-state index >= 15 is 0 Å². The molecule has 0 spiro atoms. The number of carbonyl (C=O) groups excluding carboxylic acids is 1. The van der Waals surface area contributed by atoms with Gasteiger partial charge < -0.3 is 10.2 Å². The lowest BCUT2D eigenvalue weighted by Gasteiger charge is -2.01. The highest BCUT2D eigenvalue weighted by Gasteiger charge is 2.08. The van der Waals surface area contributed by atoms with Crippen molar-refractivity contribution in [1.82, 2.24) is 9.97 Å². The molecule has 0 amide bonds. The highest BCUT2D eigenvalue weighted by molar-refractivity contribution is 6.09. The number of ketones is 1. The van der Waals surface area contributed by atoms with Crippen LogP contribution in [0.3, 0.4) is 0 Å². The first-order valence-electron chi connectivity index (χ1n) is 9.23. The van der Waals surface area contributed by atoms with Crippen molar-refractivity contribution < 1.29 is 15.0 Å². The van der Waals surface area contributed by atoms with Crippen molar-refractivity contribution in [1.29, 1.82) is 0 Å². The van der Waals surface area contributed by atoms with Crippen LogP contribution in [-0.4, -0.2) is 26.0 Å². The third-order valence-electron chi connectivity index (χ3n) is 4.14. The Kier molecular flexibility index (Phi) is 7.06. The molecule has 2 aromatic heterocycles. The smallest absolute Gasteiger partial charge is 0.193 e. The van der Waals surface area contributed by atoms with Gasteiger partial charge in [-0.15, -0.1) is 0 Å². The van der Waals surface area contributed by atoms with Gasteiger partial charge in [-0.25, -0.2) is 0 Å². The number of rotatable bonds is 4. The lowest BCUT2D eigenvalue weighted by Crippen LogP contribution is -2.00. The van der Waals surface area contributed by atoms with Gasteiger partial charge in [0.25, 0.3) is 0 Å². The van der Waals surface area contributed by atoms with E-state index in [1.54, 1.807) is 49.1 Å². The van der Waals surface area contributed by atoms with E-state index in [9.17, 15) is 4.79 Å². The number of aromatic nitrogens is 2. The molecule has 0 saturated carbocycles. The highest BCUT2D eigenvalue weighted by atomic mass is 16.3. The number of nitrogens with zero attached hydrogens (tertiary/aromatic N) is 2. The largest absolute Gasteiger partial charge is 0.508 e. The monoisotopic (exact) mass is 396 g/mol. The number of hydrogen-bond acceptors (Lipinski definition) is 5. The van der Waals surface area contributed by atoms with E-state index in [0.717, 1.165) is 11.1 Å². The van der Waals surface area contributed by atoms with Gasteiger partial charge in [0.2, 0.25) is 0 Å². The maximum absolute atomic E-state index is 11.9. The molecular formula is C25H20N2O3. The fourth-order valence-electron chi connectivity index (χ4n) is 2.53. The summed E-state index contributed by atoms with van der Waals surface area (Å²) in [6.07, 6.45) is 11.2. The summed E-state index contributed by atoms with van der Waals surface area (Å²) in [5.41, 5.74) is 3.31. The molecule has 0 fully saturated rings. The number of aromatic hydroxyl groups is 2. The van der Waals surface area contributed by atoms with Gasteiger partial charge >= 0.3 is 0 Å². The molecule has 0 unspecified atom stereocenters. The Morgan fingerprint density at radius 3 is 1.23 bits per heavy atom. The Balaban J connectivity index is 0.000000172. The molecule has 0 aliphatic carbocycles. The zero-order valence-corrected chi connectivity index (χ0v) is 16.1. The van der Waals surface area contributed by atoms with Gasteiger partial charge in [0, 0.05) is 35.9 Å². The summed E-state index contributed by atoms with van der Waals surface area (Å²) < 4.78 is 0. The molecule has 0 aliphatic rings. The van der Waals surface area contributed by atoms with Crippen LogP contribution >= 0.6 is 0 Å². The van der Waals surface area contributed by atoms with Gasteiger partial charge in [-0.2, -0.15) is 0 Å². The van der Waals surface area contributed by atoms with E-state index < -0.39 is 0 Å². The lowest BCUT2D eigenvalue weighted by atomic mass is 10.0. The fraction of sp³-hybridized carbons (Fsp3) is 0. The van der Waals surface area contributed by atoms with Gasteiger partial charge in [0.15, 0.2) is 5.78 Å². The van der Waals surface area contributed by atoms with Crippen LogP contribution in [-0.2, 0) is 0 Å². The highest BCUT2D eigenvalue weighted by Crippen LogP contribution is 2.16. The number of phenolic OH excluding ortho intramolecular Hbond substituents is 2. The molecule has 5 nitrogen and oxygen atoms in total. The number of phenols is 2. The van der Waals surface area contributed by atoms with Crippen molar-refractivity contribution in [3.8, 4) is 11.5 Å². The van der Waals surface area contributed by atoms with E-state index in [0.29, 0.717) is 11.1 Å². The predicted octanol–water partition coefficient (Wildman–Crippen LogP) is 4.98. The topological polar surface area (TPSA) is 83.3 Å². The summed E-state index contributed by atoms with van der Waals surface area (Å²) in [6, 6.07) is 20.0. The van der Waals surface area contributed by atoms with Crippen LogP contribution in [0, 0.1) is 0 Å². The van der Waals surface area contributed by atoms with Crippen LogP contribution in [0.1, 0.15) is 27.0 Å². The molecule has 0 atom stereocenters. The van der Waals surface area contributed by atoms with E-state index in [2.05, 4.69) is 22.1 Å². The first kappa shape index (κ1) is 20.5. The molecule has 0 radical (unpaired) electrons. The van der Waals surface area contributed by atoms with Crippen LogP contribution in [0.15, 0.2) is 97.6 Å². The molecule has 5 heteroatoms. The second-order valence-electron chi connectivity index (χ2n) is 6.32. The van der Waals surface area contributed by atoms with Gasteiger partial charge in [-0.3, -0.25) is 14.8 Å². The maximum atomic E-state index is 11.9. The summed E-state index contributed by atoms with van der Waals surface area (Å²) in [6.45, 7) is 0. The number of hydrogen-bond donors (Lipinski definition) is 2. The van der Waals surface area contributed by atoms with Gasteiger partial charge in [-0.05, 0) is 83.9 Å². The van der Waals surface area contributed by atoms with Crippen LogP contribution < -0.4 is 0 Å². The minimum absolute atomic E-state index is 0.127. The van der Waals surface area contributed by atoms with E-state index in [1.807, 2.05) is 24.3 Å². The molecule has 4 aromatic rings. The predicted molar refractivity (Wildman–Crippen MR) is 117 cm³/mol. The van der Waals surface area contributed by atoms with Crippen LogP contribution in [0.2, 0.25) is 0 Å². The molecule has 0 aliphatic heterocycles. The van der Waals surface area contributed by atoms with Crippen molar-refractivity contribution in [2.45, 2.75) is 0 Å². The minimum Gasteiger partial charge on any atom is -0.508 e. The average molecular weight is 396 g/mol. The summed E-state index contributed by atoms with van der Waals surface area (Å²) in [5.74, 6) is 0.115. The molecule has 2 N–H and O–H groups in total. The van der Waals surface area contributed by atoms with Crippen molar-refractivity contribution in [3.63, 3.8) is 0 Å².